The molecule has 0 saturated heterocycles. The zero-order valence-corrected chi connectivity index (χ0v) is 10.1. The van der Waals surface area contributed by atoms with Gasteiger partial charge in [0.05, 0.1) is 18.7 Å². The van der Waals surface area contributed by atoms with Gasteiger partial charge < -0.3 is 10.6 Å². The Morgan fingerprint density at radius 1 is 1.56 bits per heavy atom. The Balaban J connectivity index is 2.60. The number of nitrogens with zero attached hydrogens (tertiary/aromatic N) is 3. The van der Waals surface area contributed by atoms with Crippen molar-refractivity contribution in [3.8, 4) is 6.07 Å². The van der Waals surface area contributed by atoms with Gasteiger partial charge in [-0.1, -0.05) is 12.1 Å². The lowest BCUT2D eigenvalue weighted by molar-refractivity contribution is 0.249. The maximum absolute atomic E-state index is 10.4. The van der Waals surface area contributed by atoms with E-state index in [4.69, 9.17) is 11.0 Å². The number of benzene rings is 1. The molecule has 0 radical (unpaired) electrons. The van der Waals surface area contributed by atoms with Gasteiger partial charge in [0.1, 0.15) is 0 Å². The van der Waals surface area contributed by atoms with Crippen molar-refractivity contribution in [1.82, 2.24) is 5.43 Å². The van der Waals surface area contributed by atoms with Crippen molar-refractivity contribution in [3.05, 3.63) is 29.8 Å². The van der Waals surface area contributed by atoms with Crippen molar-refractivity contribution in [3.63, 3.8) is 0 Å². The molecule has 94 valence electrons. The van der Waals surface area contributed by atoms with Gasteiger partial charge in [-0.25, -0.2) is 10.2 Å². The van der Waals surface area contributed by atoms with Crippen molar-refractivity contribution in [2.24, 2.45) is 10.8 Å². The number of rotatable bonds is 5. The minimum atomic E-state index is -0.695. The van der Waals surface area contributed by atoms with Gasteiger partial charge in [0.25, 0.3) is 0 Å². The lowest BCUT2D eigenvalue weighted by Crippen LogP contribution is -2.24. The molecule has 0 saturated carbocycles. The summed E-state index contributed by atoms with van der Waals surface area (Å²) in [4.78, 5) is 12.4. The number of primary amides is 1. The summed E-state index contributed by atoms with van der Waals surface area (Å²) in [7, 11) is 1.93. The van der Waals surface area contributed by atoms with E-state index in [0.29, 0.717) is 13.0 Å². The van der Waals surface area contributed by atoms with Crippen molar-refractivity contribution in [2.45, 2.75) is 6.42 Å². The summed E-state index contributed by atoms with van der Waals surface area (Å²) >= 11 is 0. The zero-order valence-electron chi connectivity index (χ0n) is 10.1. The van der Waals surface area contributed by atoms with Gasteiger partial charge in [0, 0.05) is 19.3 Å². The van der Waals surface area contributed by atoms with Crippen LogP contribution in [0.3, 0.4) is 0 Å². The van der Waals surface area contributed by atoms with Gasteiger partial charge in [-0.3, -0.25) is 0 Å². The summed E-state index contributed by atoms with van der Waals surface area (Å²) in [6, 6.07) is 8.98. The molecule has 18 heavy (non-hydrogen) atoms. The van der Waals surface area contributed by atoms with E-state index in [1.165, 1.54) is 6.21 Å². The second-order valence-corrected chi connectivity index (χ2v) is 3.66. The average molecular weight is 245 g/mol. The maximum atomic E-state index is 10.4. The van der Waals surface area contributed by atoms with Crippen LogP contribution in [0.15, 0.2) is 29.4 Å². The van der Waals surface area contributed by atoms with E-state index >= 15 is 0 Å². The van der Waals surface area contributed by atoms with Crippen LogP contribution in [0.25, 0.3) is 0 Å². The lowest BCUT2D eigenvalue weighted by atomic mass is 10.2. The molecule has 6 nitrogen and oxygen atoms in total. The quantitative estimate of drug-likeness (QED) is 0.599. The van der Waals surface area contributed by atoms with E-state index in [9.17, 15) is 4.79 Å². The molecule has 0 aliphatic heterocycles. The number of nitrogens with one attached hydrogen (secondary N) is 1. The molecular formula is C12H15N5O. The molecule has 0 aliphatic rings. The van der Waals surface area contributed by atoms with Gasteiger partial charge in [-0.2, -0.15) is 10.4 Å². The predicted octanol–water partition coefficient (Wildman–Crippen LogP) is 1.04. The van der Waals surface area contributed by atoms with Crippen LogP contribution < -0.4 is 16.1 Å². The molecule has 0 spiro atoms. The Kier molecular flexibility index (Phi) is 5.19. The van der Waals surface area contributed by atoms with Crippen LogP contribution in [0, 0.1) is 11.3 Å². The highest BCUT2D eigenvalue weighted by Crippen LogP contribution is 2.13. The van der Waals surface area contributed by atoms with E-state index in [0.717, 1.165) is 11.3 Å². The predicted molar refractivity (Wildman–Crippen MR) is 70.3 cm³/mol. The lowest BCUT2D eigenvalue weighted by Gasteiger charge is -2.17. The number of hydrogen-bond acceptors (Lipinski definition) is 4. The minimum Gasteiger partial charge on any atom is -0.374 e. The summed E-state index contributed by atoms with van der Waals surface area (Å²) in [6.45, 7) is 0.688. The summed E-state index contributed by atoms with van der Waals surface area (Å²) in [5.74, 6) is 0. The molecule has 0 unspecified atom stereocenters. The first kappa shape index (κ1) is 13.5. The molecular weight excluding hydrogens is 230 g/mol. The highest BCUT2D eigenvalue weighted by atomic mass is 16.2. The van der Waals surface area contributed by atoms with E-state index in [2.05, 4.69) is 16.6 Å². The first-order valence-electron chi connectivity index (χ1n) is 5.40. The Bertz CT molecular complexity index is 460. The number of nitriles is 1. The normalized spacial score (nSPS) is 10.0. The molecule has 0 bridgehead atoms. The van der Waals surface area contributed by atoms with E-state index in [1.807, 2.05) is 36.2 Å². The molecule has 0 aliphatic carbocycles. The number of carbonyl (C=O) groups excluding carboxylic acids is 1. The molecule has 1 aromatic rings. The number of urea groups is 1. The number of anilines is 1. The van der Waals surface area contributed by atoms with Gasteiger partial charge >= 0.3 is 6.03 Å². The molecule has 6 heteroatoms. The average Bonchev–Trinajstić information content (AvgIpc) is 2.36. The number of nitrogens with two attached hydrogens (primary N) is 1. The monoisotopic (exact) mass is 245 g/mol. The van der Waals surface area contributed by atoms with E-state index < -0.39 is 6.03 Å². The van der Waals surface area contributed by atoms with Crippen molar-refractivity contribution < 1.29 is 4.79 Å². The molecule has 0 heterocycles. The highest BCUT2D eigenvalue weighted by Gasteiger charge is 1.99. The van der Waals surface area contributed by atoms with E-state index in [-0.39, 0.29) is 0 Å². The maximum Gasteiger partial charge on any atom is 0.332 e. The highest BCUT2D eigenvalue weighted by molar-refractivity contribution is 5.82. The molecule has 3 N–H and O–H groups in total. The van der Waals surface area contributed by atoms with Crippen LogP contribution in [0.1, 0.15) is 12.0 Å². The Morgan fingerprint density at radius 2 is 2.22 bits per heavy atom. The smallest absolute Gasteiger partial charge is 0.332 e. The van der Waals surface area contributed by atoms with Gasteiger partial charge in [-0.05, 0) is 17.7 Å². The van der Waals surface area contributed by atoms with Crippen molar-refractivity contribution >= 4 is 17.9 Å². The van der Waals surface area contributed by atoms with Crippen LogP contribution in [0.4, 0.5) is 10.5 Å². The topological polar surface area (TPSA) is 94.5 Å². The number of hydrogen-bond donors (Lipinski definition) is 2. The molecule has 2 amide bonds. The Labute approximate surface area is 106 Å². The second kappa shape index (κ2) is 6.91. The SMILES string of the molecule is CN(CCC#N)c1ccc(/C=N/NC(N)=O)cc1. The fraction of sp³-hybridized carbons (Fsp3) is 0.250. The fourth-order valence-electron chi connectivity index (χ4n) is 1.33. The standard InChI is InChI=1S/C12H15N5O/c1-17(8-2-7-13)11-5-3-10(4-6-11)9-15-16-12(14)18/h3-6,9H,2,8H2,1H3,(H3,14,16,18)/b15-9+. The molecule has 0 fully saturated rings. The third-order valence-electron chi connectivity index (χ3n) is 2.28. The molecule has 0 atom stereocenters. The van der Waals surface area contributed by atoms with Gasteiger partial charge in [0.2, 0.25) is 0 Å². The fourth-order valence-corrected chi connectivity index (χ4v) is 1.33. The first-order chi connectivity index (χ1) is 8.63. The number of amides is 2. The number of hydrazone groups is 1. The van der Waals surface area contributed by atoms with Crippen molar-refractivity contribution in [2.75, 3.05) is 18.5 Å². The minimum absolute atomic E-state index is 0.488. The molecule has 1 rings (SSSR count). The van der Waals surface area contributed by atoms with Crippen LogP contribution in [0.5, 0.6) is 0 Å². The largest absolute Gasteiger partial charge is 0.374 e. The van der Waals surface area contributed by atoms with Crippen LogP contribution in [0.2, 0.25) is 0 Å². The Hall–Kier alpha value is -2.55. The number of carbonyl (C=O) groups is 1. The molecule has 0 aromatic heterocycles. The van der Waals surface area contributed by atoms with E-state index in [1.54, 1.807) is 0 Å². The van der Waals surface area contributed by atoms with Crippen molar-refractivity contribution in [1.29, 1.82) is 5.26 Å². The van der Waals surface area contributed by atoms with Gasteiger partial charge in [-0.15, -0.1) is 0 Å². The van der Waals surface area contributed by atoms with Crippen LogP contribution >= 0.6 is 0 Å². The third kappa shape index (κ3) is 4.53. The third-order valence-corrected chi connectivity index (χ3v) is 2.28. The van der Waals surface area contributed by atoms with Crippen LogP contribution in [-0.4, -0.2) is 25.8 Å². The summed E-state index contributed by atoms with van der Waals surface area (Å²) < 4.78 is 0. The van der Waals surface area contributed by atoms with Crippen LogP contribution in [-0.2, 0) is 0 Å². The second-order valence-electron chi connectivity index (χ2n) is 3.66. The Morgan fingerprint density at radius 3 is 2.78 bits per heavy atom. The molecule has 1 aromatic carbocycles. The van der Waals surface area contributed by atoms with Gasteiger partial charge in [0.15, 0.2) is 0 Å². The summed E-state index contributed by atoms with van der Waals surface area (Å²) in [5, 5.41) is 12.2. The zero-order chi connectivity index (χ0) is 13.4. The summed E-state index contributed by atoms with van der Waals surface area (Å²) in [5.41, 5.74) is 8.86. The summed E-state index contributed by atoms with van der Waals surface area (Å²) in [6.07, 6.45) is 1.99. The first-order valence-corrected chi connectivity index (χ1v) is 5.40.